The summed E-state index contributed by atoms with van der Waals surface area (Å²) in [5.41, 5.74) is 4.44. The number of aromatic hydroxyl groups is 1. The van der Waals surface area contributed by atoms with Gasteiger partial charge in [-0.2, -0.15) is 0 Å². The highest BCUT2D eigenvalue weighted by atomic mass is 16.3. The molecule has 0 radical (unpaired) electrons. The minimum Gasteiger partial charge on any atom is -0.507 e. The van der Waals surface area contributed by atoms with Gasteiger partial charge in [0.25, 0.3) is 11.8 Å². The monoisotopic (exact) mass is 263 g/mol. The smallest absolute Gasteiger partial charge is 0.273 e. The van der Waals surface area contributed by atoms with Crippen molar-refractivity contribution in [3.8, 4) is 5.75 Å². The molecule has 1 aromatic rings. The van der Waals surface area contributed by atoms with E-state index < -0.39 is 17.9 Å². The van der Waals surface area contributed by atoms with Crippen molar-refractivity contribution in [3.05, 3.63) is 29.8 Å². The first kappa shape index (κ1) is 12.9. The van der Waals surface area contributed by atoms with Crippen molar-refractivity contribution in [1.82, 2.24) is 16.2 Å². The lowest BCUT2D eigenvalue weighted by Crippen LogP contribution is -2.49. The van der Waals surface area contributed by atoms with Gasteiger partial charge in [0.2, 0.25) is 5.91 Å². The molecule has 3 amide bonds. The Hall–Kier alpha value is -2.57. The van der Waals surface area contributed by atoms with Crippen molar-refractivity contribution in [1.29, 1.82) is 0 Å². The van der Waals surface area contributed by atoms with Gasteiger partial charge in [0.05, 0.1) is 5.56 Å². The summed E-state index contributed by atoms with van der Waals surface area (Å²) in [6.07, 6.45) is 0.697. The molecule has 19 heavy (non-hydrogen) atoms. The van der Waals surface area contributed by atoms with Crippen LogP contribution in [0.15, 0.2) is 24.3 Å². The minimum atomic E-state index is -0.629. The summed E-state index contributed by atoms with van der Waals surface area (Å²) in [4.78, 5) is 34.2. The number of rotatable bonds is 2. The van der Waals surface area contributed by atoms with Crippen LogP contribution < -0.4 is 16.2 Å². The second-order valence-electron chi connectivity index (χ2n) is 4.12. The van der Waals surface area contributed by atoms with Gasteiger partial charge in [0, 0.05) is 6.42 Å². The van der Waals surface area contributed by atoms with E-state index in [1.807, 2.05) is 0 Å². The predicted molar refractivity (Wildman–Crippen MR) is 64.9 cm³/mol. The zero-order chi connectivity index (χ0) is 13.8. The summed E-state index contributed by atoms with van der Waals surface area (Å²) in [6.45, 7) is 0. The van der Waals surface area contributed by atoms with E-state index in [9.17, 15) is 19.5 Å². The van der Waals surface area contributed by atoms with E-state index in [-0.39, 0.29) is 17.2 Å². The summed E-state index contributed by atoms with van der Waals surface area (Å²) in [6, 6.07) is 5.34. The number of hydrogen-bond acceptors (Lipinski definition) is 4. The number of carbonyl (C=O) groups excluding carboxylic acids is 3. The zero-order valence-electron chi connectivity index (χ0n) is 9.97. The number of hydrazine groups is 1. The Labute approximate surface area is 109 Å². The van der Waals surface area contributed by atoms with Crippen LogP contribution in [0.5, 0.6) is 5.75 Å². The molecule has 1 saturated heterocycles. The van der Waals surface area contributed by atoms with Gasteiger partial charge in [-0.3, -0.25) is 25.2 Å². The van der Waals surface area contributed by atoms with Crippen LogP contribution in [0.4, 0.5) is 0 Å². The summed E-state index contributed by atoms with van der Waals surface area (Å²) >= 11 is 0. The molecule has 0 saturated carbocycles. The minimum absolute atomic E-state index is 0.0539. The average Bonchev–Trinajstić information content (AvgIpc) is 2.83. The third-order valence-corrected chi connectivity index (χ3v) is 2.76. The van der Waals surface area contributed by atoms with Gasteiger partial charge in [0.1, 0.15) is 11.8 Å². The molecule has 1 aliphatic rings. The van der Waals surface area contributed by atoms with Gasteiger partial charge < -0.3 is 10.4 Å². The van der Waals surface area contributed by atoms with E-state index in [2.05, 4.69) is 16.2 Å². The fraction of sp³-hybridized carbons (Fsp3) is 0.250. The Morgan fingerprint density at radius 3 is 2.63 bits per heavy atom. The van der Waals surface area contributed by atoms with Crippen molar-refractivity contribution in [2.75, 3.05) is 0 Å². The molecule has 4 N–H and O–H groups in total. The Balaban J connectivity index is 1.89. The van der Waals surface area contributed by atoms with Crippen LogP contribution in [0.25, 0.3) is 0 Å². The largest absolute Gasteiger partial charge is 0.507 e. The number of para-hydroxylation sites is 1. The van der Waals surface area contributed by atoms with Crippen LogP contribution in [0.3, 0.4) is 0 Å². The van der Waals surface area contributed by atoms with Crippen molar-refractivity contribution in [3.63, 3.8) is 0 Å². The van der Waals surface area contributed by atoms with Gasteiger partial charge >= 0.3 is 0 Å². The number of nitrogens with one attached hydrogen (secondary N) is 3. The second kappa shape index (κ2) is 5.38. The van der Waals surface area contributed by atoms with E-state index in [0.717, 1.165) is 0 Å². The van der Waals surface area contributed by atoms with Crippen LogP contribution in [0, 0.1) is 0 Å². The van der Waals surface area contributed by atoms with E-state index in [0.29, 0.717) is 12.8 Å². The molecule has 0 spiro atoms. The molecule has 1 aromatic carbocycles. The highest BCUT2D eigenvalue weighted by molar-refractivity contribution is 5.98. The summed E-state index contributed by atoms with van der Waals surface area (Å²) < 4.78 is 0. The van der Waals surface area contributed by atoms with Gasteiger partial charge in [-0.05, 0) is 18.6 Å². The SMILES string of the molecule is O=C1CC[C@@H](C(=O)NNC(=O)c2ccccc2O)N1. The fourth-order valence-electron chi connectivity index (χ4n) is 1.75. The highest BCUT2D eigenvalue weighted by Crippen LogP contribution is 2.14. The van der Waals surface area contributed by atoms with Crippen LogP contribution in [0.1, 0.15) is 23.2 Å². The third kappa shape index (κ3) is 3.01. The number of carbonyl (C=O) groups is 3. The molecule has 0 aliphatic carbocycles. The first-order chi connectivity index (χ1) is 9.08. The van der Waals surface area contributed by atoms with Gasteiger partial charge in [-0.25, -0.2) is 0 Å². The molecule has 2 rings (SSSR count). The topological polar surface area (TPSA) is 108 Å². The van der Waals surface area contributed by atoms with Crippen LogP contribution in [-0.4, -0.2) is 28.9 Å². The van der Waals surface area contributed by atoms with Crippen molar-refractivity contribution in [2.24, 2.45) is 0 Å². The molecule has 7 nitrogen and oxygen atoms in total. The average molecular weight is 263 g/mol. The number of benzene rings is 1. The number of hydrogen-bond donors (Lipinski definition) is 4. The summed E-state index contributed by atoms with van der Waals surface area (Å²) in [5.74, 6) is -1.49. The molecule has 1 atom stereocenters. The Kier molecular flexibility index (Phi) is 3.65. The highest BCUT2D eigenvalue weighted by Gasteiger charge is 2.27. The number of amides is 3. The zero-order valence-corrected chi connectivity index (χ0v) is 9.97. The van der Waals surface area contributed by atoms with E-state index in [1.165, 1.54) is 12.1 Å². The first-order valence-electron chi connectivity index (χ1n) is 5.75. The molecular weight excluding hydrogens is 250 g/mol. The Bertz CT molecular complexity index is 529. The van der Waals surface area contributed by atoms with E-state index >= 15 is 0 Å². The molecular formula is C12H13N3O4. The van der Waals surface area contributed by atoms with Crippen molar-refractivity contribution >= 4 is 17.7 Å². The van der Waals surface area contributed by atoms with Gasteiger partial charge in [-0.1, -0.05) is 12.1 Å². The van der Waals surface area contributed by atoms with Crippen LogP contribution in [0.2, 0.25) is 0 Å². The molecule has 0 aromatic heterocycles. The molecule has 100 valence electrons. The van der Waals surface area contributed by atoms with Crippen molar-refractivity contribution < 1.29 is 19.5 Å². The Morgan fingerprint density at radius 1 is 1.26 bits per heavy atom. The summed E-state index contributed by atoms with van der Waals surface area (Å²) in [7, 11) is 0. The second-order valence-corrected chi connectivity index (χ2v) is 4.12. The molecule has 0 unspecified atom stereocenters. The standard InChI is InChI=1S/C12H13N3O4/c16-9-4-2-1-3-7(9)11(18)14-15-12(19)8-5-6-10(17)13-8/h1-4,8,16H,5-6H2,(H,13,17)(H,14,18)(H,15,19)/t8-/m0/s1. The third-order valence-electron chi connectivity index (χ3n) is 2.76. The fourth-order valence-corrected chi connectivity index (χ4v) is 1.75. The Morgan fingerprint density at radius 2 is 2.00 bits per heavy atom. The number of phenolic OH excluding ortho intramolecular Hbond substituents is 1. The molecule has 0 bridgehead atoms. The molecule has 1 heterocycles. The molecule has 1 aliphatic heterocycles. The van der Waals surface area contributed by atoms with Gasteiger partial charge in [0.15, 0.2) is 0 Å². The quantitative estimate of drug-likeness (QED) is 0.536. The van der Waals surface area contributed by atoms with E-state index in [4.69, 9.17) is 0 Å². The normalized spacial score (nSPS) is 17.7. The maximum atomic E-state index is 11.7. The molecule has 1 fully saturated rings. The summed E-state index contributed by atoms with van der Waals surface area (Å²) in [5, 5.41) is 11.9. The lowest BCUT2D eigenvalue weighted by Gasteiger charge is -2.12. The lowest BCUT2D eigenvalue weighted by molar-refractivity contribution is -0.126. The molecule has 7 heteroatoms. The van der Waals surface area contributed by atoms with Crippen molar-refractivity contribution in [2.45, 2.75) is 18.9 Å². The first-order valence-corrected chi connectivity index (χ1v) is 5.75. The predicted octanol–water partition coefficient (Wildman–Crippen LogP) is -0.568. The van der Waals surface area contributed by atoms with Crippen LogP contribution >= 0.6 is 0 Å². The maximum Gasteiger partial charge on any atom is 0.273 e. The lowest BCUT2D eigenvalue weighted by atomic mass is 10.2. The van der Waals surface area contributed by atoms with Gasteiger partial charge in [-0.15, -0.1) is 0 Å². The number of phenols is 1. The maximum absolute atomic E-state index is 11.7. The van der Waals surface area contributed by atoms with E-state index in [1.54, 1.807) is 12.1 Å². The van der Waals surface area contributed by atoms with Crippen LogP contribution in [-0.2, 0) is 9.59 Å².